The second-order valence-corrected chi connectivity index (χ2v) is 5.32. The summed E-state index contributed by atoms with van der Waals surface area (Å²) in [4.78, 5) is 0. The minimum absolute atomic E-state index is 0.192. The van der Waals surface area contributed by atoms with Gasteiger partial charge in [-0.2, -0.15) is 13.2 Å². The summed E-state index contributed by atoms with van der Waals surface area (Å²) in [6.45, 7) is 3.30. The molecular weight excluding hydrogens is 299 g/mol. The highest BCUT2D eigenvalue weighted by atomic mass is 35.5. The Morgan fingerprint density at radius 3 is 2.38 bits per heavy atom. The molecule has 1 atom stereocenters. The molecule has 0 aliphatic carbocycles. The van der Waals surface area contributed by atoms with E-state index in [-0.39, 0.29) is 11.6 Å². The Morgan fingerprint density at radius 2 is 1.76 bits per heavy atom. The number of rotatable bonds is 3. The second-order valence-electron chi connectivity index (χ2n) is 4.91. The quantitative estimate of drug-likeness (QED) is 0.750. The molecule has 0 saturated heterocycles. The standard InChI is InChI=1S/C16H15ClF3N/c1-10-7-8-12(9-14(10)16(18,19)20)21-11(2)13-5-3-4-6-15(13)17/h3-9,11,21H,1-2H3. The van der Waals surface area contributed by atoms with Crippen LogP contribution in [0, 0.1) is 6.92 Å². The molecule has 2 aromatic carbocycles. The minimum atomic E-state index is -4.35. The summed E-state index contributed by atoms with van der Waals surface area (Å²) in [5.74, 6) is 0. The number of aryl methyl sites for hydroxylation is 1. The van der Waals surface area contributed by atoms with Gasteiger partial charge >= 0.3 is 6.18 Å². The van der Waals surface area contributed by atoms with E-state index < -0.39 is 11.7 Å². The number of hydrogen-bond acceptors (Lipinski definition) is 1. The molecular formula is C16H15ClF3N. The first-order chi connectivity index (χ1) is 9.79. The lowest BCUT2D eigenvalue weighted by Gasteiger charge is -2.19. The van der Waals surface area contributed by atoms with Gasteiger partial charge in [-0.25, -0.2) is 0 Å². The first kappa shape index (κ1) is 15.7. The van der Waals surface area contributed by atoms with Crippen LogP contribution in [0.5, 0.6) is 0 Å². The Labute approximate surface area is 126 Å². The highest BCUT2D eigenvalue weighted by Gasteiger charge is 2.32. The van der Waals surface area contributed by atoms with E-state index in [4.69, 9.17) is 11.6 Å². The van der Waals surface area contributed by atoms with E-state index in [1.54, 1.807) is 12.1 Å². The molecule has 1 nitrogen and oxygen atoms in total. The van der Waals surface area contributed by atoms with Crippen LogP contribution >= 0.6 is 11.6 Å². The third kappa shape index (κ3) is 3.70. The van der Waals surface area contributed by atoms with Crippen molar-refractivity contribution in [2.24, 2.45) is 0 Å². The van der Waals surface area contributed by atoms with Crippen LogP contribution in [0.25, 0.3) is 0 Å². The lowest BCUT2D eigenvalue weighted by atomic mass is 10.1. The molecule has 112 valence electrons. The van der Waals surface area contributed by atoms with Gasteiger partial charge in [0.2, 0.25) is 0 Å². The molecule has 0 saturated carbocycles. The van der Waals surface area contributed by atoms with Gasteiger partial charge < -0.3 is 5.32 Å². The highest BCUT2D eigenvalue weighted by Crippen LogP contribution is 2.34. The predicted molar refractivity (Wildman–Crippen MR) is 79.7 cm³/mol. The molecule has 0 radical (unpaired) electrons. The van der Waals surface area contributed by atoms with E-state index in [2.05, 4.69) is 5.32 Å². The molecule has 0 spiro atoms. The Kier molecular flexibility index (Phi) is 4.47. The maximum Gasteiger partial charge on any atom is 0.416 e. The zero-order chi connectivity index (χ0) is 15.6. The minimum Gasteiger partial charge on any atom is -0.378 e. The van der Waals surface area contributed by atoms with Gasteiger partial charge in [0.25, 0.3) is 0 Å². The van der Waals surface area contributed by atoms with Crippen LogP contribution in [0.4, 0.5) is 18.9 Å². The first-order valence-electron chi connectivity index (χ1n) is 6.48. The first-order valence-corrected chi connectivity index (χ1v) is 6.85. The van der Waals surface area contributed by atoms with E-state index in [9.17, 15) is 13.2 Å². The Hall–Kier alpha value is -1.68. The summed E-state index contributed by atoms with van der Waals surface area (Å²) < 4.78 is 38.7. The Bertz CT molecular complexity index is 638. The molecule has 0 amide bonds. The van der Waals surface area contributed by atoms with E-state index in [1.807, 2.05) is 25.1 Å². The average molecular weight is 314 g/mol. The third-order valence-corrected chi connectivity index (χ3v) is 3.64. The zero-order valence-electron chi connectivity index (χ0n) is 11.6. The number of hydrogen-bond donors (Lipinski definition) is 1. The van der Waals surface area contributed by atoms with Crippen molar-refractivity contribution < 1.29 is 13.2 Å². The van der Waals surface area contributed by atoms with Crippen LogP contribution in [0.15, 0.2) is 42.5 Å². The van der Waals surface area contributed by atoms with Crippen molar-refractivity contribution in [3.63, 3.8) is 0 Å². The topological polar surface area (TPSA) is 12.0 Å². The summed E-state index contributed by atoms with van der Waals surface area (Å²) in [6.07, 6.45) is -4.35. The lowest BCUT2D eigenvalue weighted by Crippen LogP contribution is -2.11. The zero-order valence-corrected chi connectivity index (χ0v) is 12.4. The third-order valence-electron chi connectivity index (χ3n) is 3.30. The van der Waals surface area contributed by atoms with Crippen molar-refractivity contribution in [1.82, 2.24) is 0 Å². The van der Waals surface area contributed by atoms with E-state index >= 15 is 0 Å². The molecule has 0 aliphatic heterocycles. The maximum atomic E-state index is 12.9. The van der Waals surface area contributed by atoms with Crippen molar-refractivity contribution in [1.29, 1.82) is 0 Å². The average Bonchev–Trinajstić information content (AvgIpc) is 2.40. The maximum absolute atomic E-state index is 12.9. The highest BCUT2D eigenvalue weighted by molar-refractivity contribution is 6.31. The van der Waals surface area contributed by atoms with Crippen molar-refractivity contribution in [2.45, 2.75) is 26.1 Å². The lowest BCUT2D eigenvalue weighted by molar-refractivity contribution is -0.138. The van der Waals surface area contributed by atoms with Gasteiger partial charge in [-0.05, 0) is 43.2 Å². The summed E-state index contributed by atoms with van der Waals surface area (Å²) in [6, 6.07) is 11.3. The molecule has 1 N–H and O–H groups in total. The summed E-state index contributed by atoms with van der Waals surface area (Å²) >= 11 is 6.09. The van der Waals surface area contributed by atoms with E-state index in [0.717, 1.165) is 11.6 Å². The normalized spacial score (nSPS) is 13.0. The molecule has 0 heterocycles. The molecule has 1 unspecified atom stereocenters. The van der Waals surface area contributed by atoms with Crippen LogP contribution in [-0.4, -0.2) is 0 Å². The molecule has 2 rings (SSSR count). The predicted octanol–water partition coefficient (Wildman–Crippen LogP) is 5.84. The van der Waals surface area contributed by atoms with E-state index in [1.165, 1.54) is 13.0 Å². The molecule has 0 fully saturated rings. The number of nitrogens with one attached hydrogen (secondary N) is 1. The van der Waals surface area contributed by atoms with Gasteiger partial charge in [0.05, 0.1) is 5.56 Å². The fourth-order valence-electron chi connectivity index (χ4n) is 2.17. The van der Waals surface area contributed by atoms with Gasteiger partial charge in [0, 0.05) is 16.8 Å². The van der Waals surface area contributed by atoms with Crippen molar-refractivity contribution in [3.8, 4) is 0 Å². The number of anilines is 1. The number of alkyl halides is 3. The Morgan fingerprint density at radius 1 is 1.10 bits per heavy atom. The van der Waals surface area contributed by atoms with Gasteiger partial charge in [0.1, 0.15) is 0 Å². The fraction of sp³-hybridized carbons (Fsp3) is 0.250. The van der Waals surface area contributed by atoms with Gasteiger partial charge in [-0.1, -0.05) is 35.9 Å². The second kappa shape index (κ2) is 5.98. The smallest absolute Gasteiger partial charge is 0.378 e. The molecule has 0 aromatic heterocycles. The van der Waals surface area contributed by atoms with E-state index in [0.29, 0.717) is 10.7 Å². The van der Waals surface area contributed by atoms with Gasteiger partial charge in [-0.3, -0.25) is 0 Å². The fourth-order valence-corrected chi connectivity index (χ4v) is 2.47. The molecule has 21 heavy (non-hydrogen) atoms. The molecule has 5 heteroatoms. The van der Waals surface area contributed by atoms with Crippen molar-refractivity contribution >= 4 is 17.3 Å². The van der Waals surface area contributed by atoms with Gasteiger partial charge in [-0.15, -0.1) is 0 Å². The van der Waals surface area contributed by atoms with Crippen molar-refractivity contribution in [2.75, 3.05) is 5.32 Å². The van der Waals surface area contributed by atoms with Crippen LogP contribution < -0.4 is 5.32 Å². The number of benzene rings is 2. The monoisotopic (exact) mass is 313 g/mol. The summed E-state index contributed by atoms with van der Waals surface area (Å²) in [5.41, 5.74) is 0.839. The molecule has 2 aromatic rings. The summed E-state index contributed by atoms with van der Waals surface area (Å²) in [7, 11) is 0. The van der Waals surface area contributed by atoms with Crippen LogP contribution in [0.2, 0.25) is 5.02 Å². The van der Waals surface area contributed by atoms with Crippen molar-refractivity contribution in [3.05, 3.63) is 64.2 Å². The molecule has 0 aliphatic rings. The molecule has 0 bridgehead atoms. The van der Waals surface area contributed by atoms with Gasteiger partial charge in [0.15, 0.2) is 0 Å². The largest absolute Gasteiger partial charge is 0.416 e. The van der Waals surface area contributed by atoms with Crippen LogP contribution in [0.1, 0.15) is 29.7 Å². The number of halogens is 4. The van der Waals surface area contributed by atoms with Crippen LogP contribution in [0.3, 0.4) is 0 Å². The summed E-state index contributed by atoms with van der Waals surface area (Å²) in [5, 5.41) is 3.64. The van der Waals surface area contributed by atoms with Crippen LogP contribution in [-0.2, 0) is 6.18 Å². The Balaban J connectivity index is 2.26. The SMILES string of the molecule is Cc1ccc(NC(C)c2ccccc2Cl)cc1C(F)(F)F.